The molecule has 1 aromatic rings. The minimum Gasteiger partial charge on any atom is -0.494 e. The Balaban J connectivity index is 1.80. The van der Waals surface area contributed by atoms with Crippen molar-refractivity contribution in [2.45, 2.75) is 45.4 Å². The largest absolute Gasteiger partial charge is 0.494 e. The second-order valence-electron chi connectivity index (χ2n) is 5.46. The summed E-state index contributed by atoms with van der Waals surface area (Å²) in [6.07, 6.45) is 9.86. The van der Waals surface area contributed by atoms with Crippen LogP contribution in [0.15, 0.2) is 36.4 Å². The van der Waals surface area contributed by atoms with Crippen LogP contribution in [0.2, 0.25) is 0 Å². The van der Waals surface area contributed by atoms with Gasteiger partial charge < -0.3 is 4.74 Å². The fourth-order valence-corrected chi connectivity index (χ4v) is 2.44. The summed E-state index contributed by atoms with van der Waals surface area (Å²) in [4.78, 5) is 24.5. The average Bonchev–Trinajstić information content (AvgIpc) is 2.86. The van der Waals surface area contributed by atoms with E-state index in [-0.39, 0.29) is 11.8 Å². The Hall–Kier alpha value is -2.10. The van der Waals surface area contributed by atoms with Crippen LogP contribution in [0.4, 0.5) is 5.69 Å². The predicted molar refractivity (Wildman–Crippen MR) is 86.9 cm³/mol. The number of hydrogen-bond donors (Lipinski definition) is 0. The monoisotopic (exact) mass is 301 g/mol. The van der Waals surface area contributed by atoms with E-state index in [4.69, 9.17) is 4.74 Å². The van der Waals surface area contributed by atoms with E-state index in [0.717, 1.165) is 11.3 Å². The number of imide groups is 1. The van der Waals surface area contributed by atoms with Gasteiger partial charge in [0.2, 0.25) is 0 Å². The van der Waals surface area contributed by atoms with Gasteiger partial charge in [-0.25, -0.2) is 4.90 Å². The minimum absolute atomic E-state index is 0.307. The molecule has 4 nitrogen and oxygen atoms in total. The Morgan fingerprint density at radius 2 is 1.64 bits per heavy atom. The van der Waals surface area contributed by atoms with Gasteiger partial charge in [-0.3, -0.25) is 9.59 Å². The Morgan fingerprint density at radius 3 is 2.36 bits per heavy atom. The third kappa shape index (κ3) is 4.45. The first-order chi connectivity index (χ1) is 10.7. The zero-order valence-corrected chi connectivity index (χ0v) is 13.1. The van der Waals surface area contributed by atoms with Crippen molar-refractivity contribution in [2.75, 3.05) is 11.5 Å². The first-order valence-electron chi connectivity index (χ1n) is 8.01. The number of nitrogens with zero attached hydrogens (tertiary/aromatic N) is 1. The molecule has 0 saturated heterocycles. The Bertz CT molecular complexity index is 533. The van der Waals surface area contributed by atoms with Gasteiger partial charge in [0, 0.05) is 18.2 Å². The van der Waals surface area contributed by atoms with Gasteiger partial charge in [-0.1, -0.05) is 45.1 Å². The van der Waals surface area contributed by atoms with E-state index in [9.17, 15) is 9.59 Å². The molecule has 0 spiro atoms. The molecule has 22 heavy (non-hydrogen) atoms. The van der Waals surface area contributed by atoms with Crippen LogP contribution in [-0.4, -0.2) is 18.4 Å². The summed E-state index contributed by atoms with van der Waals surface area (Å²) >= 11 is 0. The molecule has 1 aliphatic rings. The third-order valence-corrected chi connectivity index (χ3v) is 3.65. The van der Waals surface area contributed by atoms with Crippen molar-refractivity contribution in [1.82, 2.24) is 0 Å². The van der Waals surface area contributed by atoms with Crippen LogP contribution < -0.4 is 9.64 Å². The lowest BCUT2D eigenvalue weighted by atomic mass is 10.1. The molecular formula is C18H23NO3. The van der Waals surface area contributed by atoms with E-state index in [0.29, 0.717) is 18.0 Å². The van der Waals surface area contributed by atoms with Crippen molar-refractivity contribution in [3.8, 4) is 5.75 Å². The number of benzene rings is 1. The molecule has 1 aromatic carbocycles. The van der Waals surface area contributed by atoms with Crippen LogP contribution in [0.3, 0.4) is 0 Å². The second kappa shape index (κ2) is 8.37. The maximum absolute atomic E-state index is 11.7. The SMILES string of the molecule is CCCCCCCCOc1cccc(N2C(=O)C=CC2=O)c1. The molecule has 0 N–H and O–H groups in total. The zero-order chi connectivity index (χ0) is 15.8. The quantitative estimate of drug-likeness (QED) is 0.514. The number of unbranched alkanes of at least 4 members (excludes halogenated alkanes) is 5. The van der Waals surface area contributed by atoms with Gasteiger partial charge in [-0.05, 0) is 18.6 Å². The van der Waals surface area contributed by atoms with E-state index in [1.165, 1.54) is 44.3 Å². The smallest absolute Gasteiger partial charge is 0.258 e. The van der Waals surface area contributed by atoms with E-state index in [1.54, 1.807) is 18.2 Å². The van der Waals surface area contributed by atoms with Gasteiger partial charge in [0.1, 0.15) is 5.75 Å². The van der Waals surface area contributed by atoms with Crippen LogP contribution in [0.25, 0.3) is 0 Å². The van der Waals surface area contributed by atoms with Crippen molar-refractivity contribution < 1.29 is 14.3 Å². The third-order valence-electron chi connectivity index (χ3n) is 3.65. The molecule has 0 bridgehead atoms. The van der Waals surface area contributed by atoms with Crippen molar-refractivity contribution >= 4 is 17.5 Å². The van der Waals surface area contributed by atoms with E-state index < -0.39 is 0 Å². The lowest BCUT2D eigenvalue weighted by Gasteiger charge is -2.15. The number of ether oxygens (including phenoxy) is 1. The molecule has 0 unspecified atom stereocenters. The number of carbonyl (C=O) groups excluding carboxylic acids is 2. The number of amides is 2. The normalized spacial score (nSPS) is 14.0. The number of hydrogen-bond acceptors (Lipinski definition) is 3. The lowest BCUT2D eigenvalue weighted by Crippen LogP contribution is -2.29. The van der Waals surface area contributed by atoms with Gasteiger partial charge in [-0.15, -0.1) is 0 Å². The summed E-state index contributed by atoms with van der Waals surface area (Å²) in [6, 6.07) is 7.12. The van der Waals surface area contributed by atoms with Crippen molar-refractivity contribution in [3.05, 3.63) is 36.4 Å². The summed E-state index contributed by atoms with van der Waals surface area (Å²) in [7, 11) is 0. The molecule has 0 aliphatic carbocycles. The van der Waals surface area contributed by atoms with Gasteiger partial charge in [0.15, 0.2) is 0 Å². The van der Waals surface area contributed by atoms with Crippen LogP contribution in [-0.2, 0) is 9.59 Å². The molecule has 0 fully saturated rings. The molecular weight excluding hydrogens is 278 g/mol. The molecule has 0 radical (unpaired) electrons. The standard InChI is InChI=1S/C18H23NO3/c1-2-3-4-5-6-7-13-22-16-10-8-9-15(14-16)19-17(20)11-12-18(19)21/h8-12,14H,2-7,13H2,1H3. The lowest BCUT2D eigenvalue weighted by molar-refractivity contribution is -0.119. The topological polar surface area (TPSA) is 46.6 Å². The first-order valence-corrected chi connectivity index (χ1v) is 8.01. The van der Waals surface area contributed by atoms with Crippen molar-refractivity contribution in [1.29, 1.82) is 0 Å². The molecule has 1 aliphatic heterocycles. The Labute approximate surface area is 131 Å². The van der Waals surface area contributed by atoms with Gasteiger partial charge in [-0.2, -0.15) is 0 Å². The highest BCUT2D eigenvalue weighted by Crippen LogP contribution is 2.24. The van der Waals surface area contributed by atoms with Crippen molar-refractivity contribution in [2.24, 2.45) is 0 Å². The molecule has 2 amide bonds. The van der Waals surface area contributed by atoms with Crippen LogP contribution >= 0.6 is 0 Å². The number of carbonyl (C=O) groups is 2. The maximum atomic E-state index is 11.7. The Morgan fingerprint density at radius 1 is 0.955 bits per heavy atom. The molecule has 118 valence electrons. The molecule has 0 atom stereocenters. The predicted octanol–water partition coefficient (Wildman–Crippen LogP) is 3.86. The maximum Gasteiger partial charge on any atom is 0.258 e. The van der Waals surface area contributed by atoms with Crippen molar-refractivity contribution in [3.63, 3.8) is 0 Å². The van der Waals surface area contributed by atoms with Gasteiger partial charge >= 0.3 is 0 Å². The van der Waals surface area contributed by atoms with E-state index in [2.05, 4.69) is 6.92 Å². The summed E-state index contributed by atoms with van der Waals surface area (Å²) < 4.78 is 5.71. The van der Waals surface area contributed by atoms with Gasteiger partial charge in [0.05, 0.1) is 12.3 Å². The van der Waals surface area contributed by atoms with Crippen LogP contribution in [0.1, 0.15) is 45.4 Å². The summed E-state index contributed by atoms with van der Waals surface area (Å²) in [6.45, 7) is 2.87. The van der Waals surface area contributed by atoms with Gasteiger partial charge in [0.25, 0.3) is 11.8 Å². The zero-order valence-electron chi connectivity index (χ0n) is 13.1. The summed E-state index contributed by atoms with van der Waals surface area (Å²) in [5.74, 6) is 0.0784. The molecule has 1 heterocycles. The second-order valence-corrected chi connectivity index (χ2v) is 5.46. The minimum atomic E-state index is -0.307. The van der Waals surface area contributed by atoms with E-state index >= 15 is 0 Å². The fraction of sp³-hybridized carbons (Fsp3) is 0.444. The molecule has 0 aromatic heterocycles. The summed E-state index contributed by atoms with van der Waals surface area (Å²) in [5.41, 5.74) is 0.556. The number of anilines is 1. The molecule has 0 saturated carbocycles. The fourth-order valence-electron chi connectivity index (χ4n) is 2.44. The summed E-state index contributed by atoms with van der Waals surface area (Å²) in [5, 5.41) is 0. The van der Waals surface area contributed by atoms with Crippen LogP contribution in [0.5, 0.6) is 5.75 Å². The molecule has 2 rings (SSSR count). The Kier molecular flexibility index (Phi) is 6.19. The van der Waals surface area contributed by atoms with E-state index in [1.807, 2.05) is 6.07 Å². The average molecular weight is 301 g/mol. The van der Waals surface area contributed by atoms with Crippen LogP contribution in [0, 0.1) is 0 Å². The molecule has 4 heteroatoms. The number of rotatable bonds is 9. The highest BCUT2D eigenvalue weighted by atomic mass is 16.5. The first kappa shape index (κ1) is 16.3. The highest BCUT2D eigenvalue weighted by molar-refractivity contribution is 6.28. The highest BCUT2D eigenvalue weighted by Gasteiger charge is 2.25.